The van der Waals surface area contributed by atoms with Crippen LogP contribution in [0.1, 0.15) is 54.6 Å². The fourth-order valence-corrected chi connectivity index (χ4v) is 6.40. The number of aryl methyl sites for hydroxylation is 1. The Balaban J connectivity index is 1.35. The number of furan rings is 1. The molecule has 4 aliphatic carbocycles. The number of benzene rings is 1. The van der Waals surface area contributed by atoms with Crippen LogP contribution >= 0.6 is 0 Å². The van der Waals surface area contributed by atoms with Gasteiger partial charge in [0.25, 0.3) is 5.91 Å². The normalized spacial score (nSPS) is 32.2. The number of methoxy groups -OCH3 is 1. The van der Waals surface area contributed by atoms with E-state index in [9.17, 15) is 4.79 Å². The Hall–Kier alpha value is -1.97. The van der Waals surface area contributed by atoms with E-state index in [0.717, 1.165) is 46.6 Å². The minimum atomic E-state index is -0.0755. The maximum absolute atomic E-state index is 12.8. The van der Waals surface area contributed by atoms with Gasteiger partial charge in [-0.3, -0.25) is 4.79 Å². The third-order valence-corrected chi connectivity index (χ3v) is 7.14. The molecule has 1 N–H and O–H groups in total. The van der Waals surface area contributed by atoms with Crippen LogP contribution in [0.5, 0.6) is 5.75 Å². The van der Waals surface area contributed by atoms with Crippen molar-refractivity contribution in [1.29, 1.82) is 0 Å². The van der Waals surface area contributed by atoms with Crippen LogP contribution in [0.3, 0.4) is 0 Å². The van der Waals surface area contributed by atoms with Crippen molar-refractivity contribution in [3.8, 4) is 5.75 Å². The molecule has 4 saturated carbocycles. The summed E-state index contributed by atoms with van der Waals surface area (Å²) in [5.41, 5.74) is 1.97. The summed E-state index contributed by atoms with van der Waals surface area (Å²) >= 11 is 0. The van der Waals surface area contributed by atoms with Crippen LogP contribution in [0.15, 0.2) is 22.6 Å². The van der Waals surface area contributed by atoms with E-state index in [-0.39, 0.29) is 5.91 Å². The van der Waals surface area contributed by atoms with E-state index in [0.29, 0.717) is 11.2 Å². The minimum Gasteiger partial charge on any atom is -0.497 e. The van der Waals surface area contributed by atoms with E-state index in [1.54, 1.807) is 7.11 Å². The molecule has 4 heteroatoms. The second-order valence-electron chi connectivity index (χ2n) is 9.02. The van der Waals surface area contributed by atoms with Gasteiger partial charge in [-0.2, -0.15) is 0 Å². The smallest absolute Gasteiger partial charge is 0.287 e. The molecule has 0 saturated heterocycles. The lowest BCUT2D eigenvalue weighted by molar-refractivity contribution is -0.0504. The fraction of sp³-hybridized carbons (Fsp3) is 0.591. The lowest BCUT2D eigenvalue weighted by Gasteiger charge is -2.56. The van der Waals surface area contributed by atoms with Crippen molar-refractivity contribution in [1.82, 2.24) is 5.32 Å². The van der Waals surface area contributed by atoms with Crippen LogP contribution < -0.4 is 10.1 Å². The van der Waals surface area contributed by atoms with Crippen molar-refractivity contribution in [3.63, 3.8) is 0 Å². The maximum Gasteiger partial charge on any atom is 0.287 e. The molecular weight excluding hydrogens is 326 g/mol. The van der Waals surface area contributed by atoms with E-state index in [4.69, 9.17) is 9.15 Å². The van der Waals surface area contributed by atoms with Gasteiger partial charge in [0.05, 0.1) is 7.11 Å². The van der Waals surface area contributed by atoms with Crippen LogP contribution in [0.4, 0.5) is 0 Å². The first-order chi connectivity index (χ1) is 12.5. The molecule has 0 spiro atoms. The van der Waals surface area contributed by atoms with Crippen molar-refractivity contribution in [2.45, 2.75) is 45.4 Å². The van der Waals surface area contributed by atoms with Gasteiger partial charge < -0.3 is 14.5 Å². The fourth-order valence-electron chi connectivity index (χ4n) is 6.40. The number of hydrogen-bond donors (Lipinski definition) is 1. The van der Waals surface area contributed by atoms with Gasteiger partial charge in [0.2, 0.25) is 0 Å². The second kappa shape index (κ2) is 5.77. The van der Waals surface area contributed by atoms with E-state index in [1.807, 2.05) is 25.1 Å². The molecule has 0 atom stereocenters. The van der Waals surface area contributed by atoms with Crippen molar-refractivity contribution in [2.24, 2.45) is 23.2 Å². The van der Waals surface area contributed by atoms with Gasteiger partial charge in [-0.25, -0.2) is 0 Å². The second-order valence-corrected chi connectivity index (χ2v) is 9.02. The zero-order valence-corrected chi connectivity index (χ0v) is 15.6. The Morgan fingerprint density at radius 2 is 1.85 bits per heavy atom. The number of rotatable bonds is 4. The zero-order chi connectivity index (χ0) is 17.9. The summed E-state index contributed by atoms with van der Waals surface area (Å²) < 4.78 is 11.2. The number of hydrogen-bond acceptors (Lipinski definition) is 3. The molecule has 1 aromatic carbocycles. The van der Waals surface area contributed by atoms with Crippen LogP contribution in [0.25, 0.3) is 11.0 Å². The van der Waals surface area contributed by atoms with Gasteiger partial charge in [-0.15, -0.1) is 0 Å². The van der Waals surface area contributed by atoms with Crippen molar-refractivity contribution < 1.29 is 13.9 Å². The number of ether oxygens (including phenoxy) is 1. The quantitative estimate of drug-likeness (QED) is 0.867. The Morgan fingerprint density at radius 3 is 2.46 bits per heavy atom. The van der Waals surface area contributed by atoms with Crippen LogP contribution in [0.2, 0.25) is 0 Å². The Kier molecular flexibility index (Phi) is 3.60. The first-order valence-electron chi connectivity index (χ1n) is 9.90. The van der Waals surface area contributed by atoms with E-state index >= 15 is 0 Å². The summed E-state index contributed by atoms with van der Waals surface area (Å²) in [4.78, 5) is 12.8. The average Bonchev–Trinajstić information content (AvgIpc) is 2.95. The lowest BCUT2D eigenvalue weighted by Crippen LogP contribution is -2.51. The van der Waals surface area contributed by atoms with Crippen LogP contribution in [-0.2, 0) is 0 Å². The monoisotopic (exact) mass is 353 g/mol. The molecule has 4 nitrogen and oxygen atoms in total. The molecule has 6 rings (SSSR count). The first kappa shape index (κ1) is 16.2. The van der Waals surface area contributed by atoms with Gasteiger partial charge in [0.1, 0.15) is 11.3 Å². The summed E-state index contributed by atoms with van der Waals surface area (Å²) in [5, 5.41) is 4.17. The first-order valence-corrected chi connectivity index (χ1v) is 9.90. The Bertz CT molecular complexity index is 830. The predicted octanol–water partition coefficient (Wildman–Crippen LogP) is 4.70. The average molecular weight is 353 g/mol. The zero-order valence-electron chi connectivity index (χ0n) is 15.6. The molecule has 2 aromatic rings. The van der Waals surface area contributed by atoms with Crippen molar-refractivity contribution in [2.75, 3.05) is 13.7 Å². The molecular formula is C22H27NO3. The van der Waals surface area contributed by atoms with Gasteiger partial charge in [-0.1, -0.05) is 0 Å². The SMILES string of the molecule is COc1ccc2oc(C(=O)NCC34CC5CC(CC(C5)C3)C4)c(C)c2c1. The predicted molar refractivity (Wildman–Crippen MR) is 100 cm³/mol. The van der Waals surface area contributed by atoms with Crippen LogP contribution in [0, 0.1) is 30.1 Å². The number of carbonyl (C=O) groups is 1. The topological polar surface area (TPSA) is 51.5 Å². The van der Waals surface area contributed by atoms with Crippen molar-refractivity contribution >= 4 is 16.9 Å². The maximum atomic E-state index is 12.8. The number of amides is 1. The summed E-state index contributed by atoms with van der Waals surface area (Å²) in [6, 6.07) is 5.67. The number of fused-ring (bicyclic) bond motifs is 1. The van der Waals surface area contributed by atoms with E-state index < -0.39 is 0 Å². The number of nitrogens with one attached hydrogen (secondary N) is 1. The number of carbonyl (C=O) groups excluding carboxylic acids is 1. The Morgan fingerprint density at radius 1 is 1.19 bits per heavy atom. The molecule has 1 heterocycles. The molecule has 4 aliphatic rings. The summed E-state index contributed by atoms with van der Waals surface area (Å²) in [6.07, 6.45) is 8.19. The third kappa shape index (κ3) is 2.53. The summed E-state index contributed by atoms with van der Waals surface area (Å²) in [7, 11) is 1.65. The highest BCUT2D eigenvalue weighted by Crippen LogP contribution is 2.59. The minimum absolute atomic E-state index is 0.0755. The van der Waals surface area contributed by atoms with Crippen LogP contribution in [-0.4, -0.2) is 19.6 Å². The molecule has 1 aromatic heterocycles. The highest BCUT2D eigenvalue weighted by atomic mass is 16.5. The molecule has 4 bridgehead atoms. The summed E-state index contributed by atoms with van der Waals surface area (Å²) in [6.45, 7) is 2.75. The molecule has 4 fully saturated rings. The van der Waals surface area contributed by atoms with Crippen molar-refractivity contribution in [3.05, 3.63) is 29.5 Å². The molecule has 138 valence electrons. The molecule has 0 unspecified atom stereocenters. The lowest BCUT2D eigenvalue weighted by atomic mass is 9.49. The van der Waals surface area contributed by atoms with E-state index in [2.05, 4.69) is 5.32 Å². The highest BCUT2D eigenvalue weighted by molar-refractivity contribution is 5.99. The highest BCUT2D eigenvalue weighted by Gasteiger charge is 2.50. The molecule has 0 aliphatic heterocycles. The van der Waals surface area contributed by atoms with Gasteiger partial charge in [0, 0.05) is 17.5 Å². The van der Waals surface area contributed by atoms with Gasteiger partial charge >= 0.3 is 0 Å². The van der Waals surface area contributed by atoms with E-state index in [1.165, 1.54) is 38.5 Å². The molecule has 0 radical (unpaired) electrons. The Labute approximate surface area is 154 Å². The molecule has 26 heavy (non-hydrogen) atoms. The molecule has 1 amide bonds. The standard InChI is InChI=1S/C22H27NO3/c1-13-18-8-17(25-2)3-4-19(18)26-20(13)21(24)23-12-22-9-14-5-15(10-22)7-16(6-14)11-22/h3-4,8,14-16H,5-7,9-12H2,1-2H3,(H,23,24). The summed E-state index contributed by atoms with van der Waals surface area (Å²) in [5.74, 6) is 3.85. The third-order valence-electron chi connectivity index (χ3n) is 7.14. The van der Waals surface area contributed by atoms with Gasteiger partial charge in [0.15, 0.2) is 5.76 Å². The van der Waals surface area contributed by atoms with Gasteiger partial charge in [-0.05, 0) is 86.8 Å². The largest absolute Gasteiger partial charge is 0.497 e.